The fourth-order valence-corrected chi connectivity index (χ4v) is 3.31. The number of rotatable bonds is 4. The van der Waals surface area contributed by atoms with Crippen LogP contribution in [0.5, 0.6) is 0 Å². The lowest BCUT2D eigenvalue weighted by atomic mass is 10.00. The molecular formula is C14H24N2O3. The van der Waals surface area contributed by atoms with Gasteiger partial charge in [-0.2, -0.15) is 0 Å². The molecule has 0 aromatic carbocycles. The third-order valence-corrected chi connectivity index (χ3v) is 4.41. The summed E-state index contributed by atoms with van der Waals surface area (Å²) in [6.07, 6.45) is 5.90. The average molecular weight is 268 g/mol. The van der Waals surface area contributed by atoms with Crippen LogP contribution in [0, 0.1) is 0 Å². The molecule has 0 aliphatic carbocycles. The van der Waals surface area contributed by atoms with Gasteiger partial charge in [0.05, 0.1) is 6.54 Å². The molecule has 0 aromatic heterocycles. The van der Waals surface area contributed by atoms with Gasteiger partial charge >= 0.3 is 5.97 Å². The molecule has 5 heteroatoms. The van der Waals surface area contributed by atoms with Crippen molar-refractivity contribution in [1.82, 2.24) is 9.80 Å². The Balaban J connectivity index is 1.94. The zero-order chi connectivity index (χ0) is 13.8. The third kappa shape index (κ3) is 3.26. The van der Waals surface area contributed by atoms with Crippen molar-refractivity contribution in [1.29, 1.82) is 0 Å². The molecule has 2 heterocycles. The maximum Gasteiger partial charge on any atom is 0.320 e. The van der Waals surface area contributed by atoms with Gasteiger partial charge in [-0.15, -0.1) is 0 Å². The van der Waals surface area contributed by atoms with Crippen LogP contribution in [0.25, 0.3) is 0 Å². The van der Waals surface area contributed by atoms with E-state index in [1.54, 1.807) is 0 Å². The molecule has 0 radical (unpaired) electrons. The minimum atomic E-state index is -0.795. The van der Waals surface area contributed by atoms with Gasteiger partial charge in [-0.25, -0.2) is 0 Å². The van der Waals surface area contributed by atoms with Crippen LogP contribution < -0.4 is 0 Å². The van der Waals surface area contributed by atoms with Gasteiger partial charge in [-0.05, 0) is 45.1 Å². The van der Waals surface area contributed by atoms with E-state index in [9.17, 15) is 9.59 Å². The molecule has 0 aromatic rings. The predicted molar refractivity (Wildman–Crippen MR) is 71.9 cm³/mol. The topological polar surface area (TPSA) is 60.9 Å². The fourth-order valence-electron chi connectivity index (χ4n) is 3.31. The molecule has 1 unspecified atom stereocenters. The van der Waals surface area contributed by atoms with Crippen molar-refractivity contribution < 1.29 is 14.7 Å². The standard InChI is InChI=1S/C14H24N2O3/c1-2-11-6-3-4-9-16(11)13(17)10-15-8-5-7-12(15)14(18)19/h11-12H,2-10H2,1H3,(H,18,19)/t11?,12-/m1/s1. The van der Waals surface area contributed by atoms with E-state index in [1.807, 2.05) is 9.80 Å². The zero-order valence-electron chi connectivity index (χ0n) is 11.7. The summed E-state index contributed by atoms with van der Waals surface area (Å²) < 4.78 is 0. The summed E-state index contributed by atoms with van der Waals surface area (Å²) in [7, 11) is 0. The number of carboxylic acids is 1. The molecule has 0 spiro atoms. The number of piperidine rings is 1. The van der Waals surface area contributed by atoms with E-state index in [-0.39, 0.29) is 12.5 Å². The van der Waals surface area contributed by atoms with Gasteiger partial charge in [0.2, 0.25) is 5.91 Å². The Morgan fingerprint density at radius 1 is 1.16 bits per heavy atom. The number of aliphatic carboxylic acids is 1. The molecular weight excluding hydrogens is 244 g/mol. The first-order valence-corrected chi connectivity index (χ1v) is 7.39. The van der Waals surface area contributed by atoms with Crippen molar-refractivity contribution in [3.63, 3.8) is 0 Å². The molecule has 2 saturated heterocycles. The lowest BCUT2D eigenvalue weighted by Crippen LogP contribution is -2.49. The summed E-state index contributed by atoms with van der Waals surface area (Å²) in [5.41, 5.74) is 0. The normalized spacial score (nSPS) is 28.6. The summed E-state index contributed by atoms with van der Waals surface area (Å²) in [4.78, 5) is 27.3. The van der Waals surface area contributed by atoms with Crippen LogP contribution in [-0.2, 0) is 9.59 Å². The summed E-state index contributed by atoms with van der Waals surface area (Å²) in [6, 6.07) is -0.110. The van der Waals surface area contributed by atoms with Crippen LogP contribution in [-0.4, -0.2) is 58.5 Å². The smallest absolute Gasteiger partial charge is 0.320 e. The van der Waals surface area contributed by atoms with E-state index in [2.05, 4.69) is 6.92 Å². The van der Waals surface area contributed by atoms with Crippen LogP contribution in [0.2, 0.25) is 0 Å². The second kappa shape index (κ2) is 6.37. The van der Waals surface area contributed by atoms with Gasteiger partial charge in [0, 0.05) is 12.6 Å². The van der Waals surface area contributed by atoms with Gasteiger partial charge in [0.15, 0.2) is 0 Å². The Morgan fingerprint density at radius 2 is 1.95 bits per heavy atom. The number of hydrogen-bond acceptors (Lipinski definition) is 3. The van der Waals surface area contributed by atoms with E-state index in [0.29, 0.717) is 12.5 Å². The second-order valence-electron chi connectivity index (χ2n) is 5.61. The van der Waals surface area contributed by atoms with Gasteiger partial charge in [0.1, 0.15) is 6.04 Å². The first-order valence-electron chi connectivity index (χ1n) is 7.39. The Bertz CT molecular complexity index is 346. The predicted octanol–water partition coefficient (Wildman–Crippen LogP) is 1.33. The second-order valence-corrected chi connectivity index (χ2v) is 5.61. The summed E-state index contributed by atoms with van der Waals surface area (Å²) in [5.74, 6) is -0.685. The van der Waals surface area contributed by atoms with Crippen molar-refractivity contribution >= 4 is 11.9 Å². The molecule has 2 aliphatic rings. The number of nitrogens with zero attached hydrogens (tertiary/aromatic N) is 2. The maximum absolute atomic E-state index is 12.4. The van der Waals surface area contributed by atoms with Gasteiger partial charge in [-0.1, -0.05) is 6.92 Å². The van der Waals surface area contributed by atoms with Crippen LogP contribution in [0.15, 0.2) is 0 Å². The van der Waals surface area contributed by atoms with E-state index >= 15 is 0 Å². The van der Waals surface area contributed by atoms with E-state index in [1.165, 1.54) is 6.42 Å². The number of likely N-dealkylation sites (tertiary alicyclic amines) is 2. The van der Waals surface area contributed by atoms with Crippen molar-refractivity contribution in [2.24, 2.45) is 0 Å². The summed E-state index contributed by atoms with van der Waals surface area (Å²) >= 11 is 0. The van der Waals surface area contributed by atoms with Crippen LogP contribution in [0.4, 0.5) is 0 Å². The number of carbonyl (C=O) groups excluding carboxylic acids is 1. The SMILES string of the molecule is CCC1CCCCN1C(=O)CN1CCC[C@@H]1C(=O)O. The molecule has 2 aliphatic heterocycles. The quantitative estimate of drug-likeness (QED) is 0.835. The molecule has 0 saturated carbocycles. The minimum Gasteiger partial charge on any atom is -0.480 e. The molecule has 2 atom stereocenters. The molecule has 1 N–H and O–H groups in total. The van der Waals surface area contributed by atoms with E-state index in [0.717, 1.165) is 38.8 Å². The van der Waals surface area contributed by atoms with Gasteiger partial charge < -0.3 is 10.0 Å². The molecule has 2 rings (SSSR count). The molecule has 108 valence electrons. The Labute approximate surface area is 114 Å². The highest BCUT2D eigenvalue weighted by molar-refractivity contribution is 5.80. The summed E-state index contributed by atoms with van der Waals surface area (Å²) in [6.45, 7) is 3.95. The fraction of sp³-hybridized carbons (Fsp3) is 0.857. The van der Waals surface area contributed by atoms with E-state index in [4.69, 9.17) is 5.11 Å². The van der Waals surface area contributed by atoms with Gasteiger partial charge in [0.25, 0.3) is 0 Å². The lowest BCUT2D eigenvalue weighted by molar-refractivity contribution is -0.144. The van der Waals surface area contributed by atoms with Crippen molar-refractivity contribution in [2.45, 2.75) is 57.5 Å². The zero-order valence-corrected chi connectivity index (χ0v) is 11.7. The van der Waals surface area contributed by atoms with E-state index < -0.39 is 12.0 Å². The van der Waals surface area contributed by atoms with Crippen molar-refractivity contribution in [3.8, 4) is 0 Å². The first kappa shape index (κ1) is 14.3. The maximum atomic E-state index is 12.4. The number of amides is 1. The summed E-state index contributed by atoms with van der Waals surface area (Å²) in [5, 5.41) is 9.14. The largest absolute Gasteiger partial charge is 0.480 e. The van der Waals surface area contributed by atoms with Crippen molar-refractivity contribution in [2.75, 3.05) is 19.6 Å². The highest BCUT2D eigenvalue weighted by atomic mass is 16.4. The Kier molecular flexibility index (Phi) is 4.80. The lowest BCUT2D eigenvalue weighted by Gasteiger charge is -2.36. The number of carbonyl (C=O) groups is 2. The van der Waals surface area contributed by atoms with Gasteiger partial charge in [-0.3, -0.25) is 14.5 Å². The molecule has 1 amide bonds. The Hall–Kier alpha value is -1.10. The monoisotopic (exact) mass is 268 g/mol. The first-order chi connectivity index (χ1) is 9.13. The highest BCUT2D eigenvalue weighted by Crippen LogP contribution is 2.22. The molecule has 0 bridgehead atoms. The molecule has 19 heavy (non-hydrogen) atoms. The van der Waals surface area contributed by atoms with Crippen LogP contribution in [0.3, 0.4) is 0 Å². The molecule has 5 nitrogen and oxygen atoms in total. The third-order valence-electron chi connectivity index (χ3n) is 4.41. The number of hydrogen-bond donors (Lipinski definition) is 1. The highest BCUT2D eigenvalue weighted by Gasteiger charge is 2.34. The average Bonchev–Trinajstić information content (AvgIpc) is 2.87. The van der Waals surface area contributed by atoms with Crippen LogP contribution in [0.1, 0.15) is 45.4 Å². The Morgan fingerprint density at radius 3 is 2.63 bits per heavy atom. The van der Waals surface area contributed by atoms with Crippen molar-refractivity contribution in [3.05, 3.63) is 0 Å². The minimum absolute atomic E-state index is 0.111. The number of carboxylic acid groups (broad SMARTS) is 1. The molecule has 2 fully saturated rings. The van der Waals surface area contributed by atoms with Crippen LogP contribution >= 0.6 is 0 Å².